The third-order valence-electron chi connectivity index (χ3n) is 4.53. The first-order valence-electron chi connectivity index (χ1n) is 9.82. The van der Waals surface area contributed by atoms with Gasteiger partial charge in [0.05, 0.1) is 28.9 Å². The zero-order valence-corrected chi connectivity index (χ0v) is 19.0. The summed E-state index contributed by atoms with van der Waals surface area (Å²) >= 11 is 3.56. The second kappa shape index (κ2) is 9.34. The Bertz CT molecular complexity index is 986. The van der Waals surface area contributed by atoms with E-state index in [2.05, 4.69) is 26.6 Å². The molecule has 1 aliphatic rings. The van der Waals surface area contributed by atoms with Gasteiger partial charge in [0.15, 0.2) is 17.3 Å². The van der Waals surface area contributed by atoms with Crippen molar-refractivity contribution in [3.05, 3.63) is 63.6 Å². The molecule has 7 heteroatoms. The van der Waals surface area contributed by atoms with Crippen LogP contribution in [0.25, 0.3) is 5.70 Å². The maximum atomic E-state index is 12.7. The predicted octanol–water partition coefficient (Wildman–Crippen LogP) is 4.99. The predicted molar refractivity (Wildman–Crippen MR) is 120 cm³/mol. The van der Waals surface area contributed by atoms with Crippen molar-refractivity contribution in [3.8, 4) is 11.5 Å². The largest absolute Gasteiger partial charge is 0.490 e. The summed E-state index contributed by atoms with van der Waals surface area (Å²) in [6.07, 6.45) is -0.0395. The third kappa shape index (κ3) is 4.67. The number of ether oxygens (including phenoxy) is 2. The van der Waals surface area contributed by atoms with E-state index in [1.165, 1.54) is 6.92 Å². The van der Waals surface area contributed by atoms with Gasteiger partial charge in [0.1, 0.15) is 0 Å². The zero-order valence-electron chi connectivity index (χ0n) is 17.4. The van der Waals surface area contributed by atoms with Gasteiger partial charge in [-0.2, -0.15) is 0 Å². The highest BCUT2D eigenvalue weighted by Crippen LogP contribution is 2.41. The summed E-state index contributed by atoms with van der Waals surface area (Å²) in [6, 6.07) is 12.0. The molecule has 6 nitrogen and oxygen atoms in total. The van der Waals surface area contributed by atoms with E-state index in [1.54, 1.807) is 0 Å². The lowest BCUT2D eigenvalue weighted by Crippen LogP contribution is -2.44. The summed E-state index contributed by atoms with van der Waals surface area (Å²) in [5, 5.41) is 5.67. The molecule has 1 atom stereocenters. The molecule has 158 valence electrons. The van der Waals surface area contributed by atoms with Crippen molar-refractivity contribution < 1.29 is 19.1 Å². The number of ketones is 1. The number of carbonyl (C=O) groups is 2. The quantitative estimate of drug-likeness (QED) is 0.594. The first-order valence-corrected chi connectivity index (χ1v) is 10.6. The smallest absolute Gasteiger partial charge is 0.320 e. The Labute approximate surface area is 184 Å². The monoisotopic (exact) mass is 472 g/mol. The molecule has 1 heterocycles. The van der Waals surface area contributed by atoms with Crippen molar-refractivity contribution >= 4 is 33.4 Å². The molecule has 1 aliphatic heterocycles. The van der Waals surface area contributed by atoms with E-state index in [9.17, 15) is 9.59 Å². The Hall–Kier alpha value is -2.80. The van der Waals surface area contributed by atoms with Crippen molar-refractivity contribution in [3.63, 3.8) is 0 Å². The van der Waals surface area contributed by atoms with Gasteiger partial charge in [-0.15, -0.1) is 0 Å². The molecule has 2 amide bonds. The molecule has 0 aliphatic carbocycles. The molecule has 0 unspecified atom stereocenters. The Morgan fingerprint density at radius 2 is 1.90 bits per heavy atom. The highest BCUT2D eigenvalue weighted by atomic mass is 79.9. The molecule has 0 bridgehead atoms. The van der Waals surface area contributed by atoms with Gasteiger partial charge >= 0.3 is 6.03 Å². The molecule has 0 saturated heterocycles. The first kappa shape index (κ1) is 21.9. The summed E-state index contributed by atoms with van der Waals surface area (Å²) in [6.45, 7) is 7.71. The minimum absolute atomic E-state index is 0.0395. The molecule has 0 spiro atoms. The molecule has 3 rings (SSSR count). The van der Waals surface area contributed by atoms with Crippen molar-refractivity contribution in [1.82, 2.24) is 10.6 Å². The highest BCUT2D eigenvalue weighted by molar-refractivity contribution is 9.10. The van der Waals surface area contributed by atoms with E-state index >= 15 is 0 Å². The van der Waals surface area contributed by atoms with Crippen LogP contribution in [0.1, 0.15) is 44.9 Å². The van der Waals surface area contributed by atoms with Crippen LogP contribution in [0.5, 0.6) is 11.5 Å². The van der Waals surface area contributed by atoms with Gasteiger partial charge in [-0.1, -0.05) is 30.3 Å². The van der Waals surface area contributed by atoms with E-state index in [-0.39, 0.29) is 17.9 Å². The third-order valence-corrected chi connectivity index (χ3v) is 5.12. The van der Waals surface area contributed by atoms with Gasteiger partial charge in [0.2, 0.25) is 0 Å². The van der Waals surface area contributed by atoms with Crippen molar-refractivity contribution in [2.45, 2.75) is 39.8 Å². The standard InChI is InChI=1S/C23H25BrN2O4/c1-5-29-18-12-16(11-17(24)22(18)30-13(2)3)21-19(14(4)27)20(25-23(28)26-21)15-9-7-6-8-10-15/h6-13,21H,5H2,1-4H3,(H2,25,26,28)/t21-/m1/s1. The fourth-order valence-corrected chi connectivity index (χ4v) is 3.95. The summed E-state index contributed by atoms with van der Waals surface area (Å²) in [7, 11) is 0. The molecule has 2 aromatic rings. The number of hydrogen-bond acceptors (Lipinski definition) is 4. The Morgan fingerprint density at radius 1 is 1.20 bits per heavy atom. The Balaban J connectivity index is 2.17. The molecule has 2 aromatic carbocycles. The van der Waals surface area contributed by atoms with Crippen molar-refractivity contribution in [2.24, 2.45) is 0 Å². The molecule has 0 aromatic heterocycles. The van der Waals surface area contributed by atoms with E-state index in [0.29, 0.717) is 33.8 Å². The van der Waals surface area contributed by atoms with E-state index in [0.717, 1.165) is 11.1 Å². The normalized spacial score (nSPS) is 16.2. The number of halogens is 1. The number of benzene rings is 2. The summed E-state index contributed by atoms with van der Waals surface area (Å²) in [5.74, 6) is 1.00. The average molecular weight is 473 g/mol. The molecular weight excluding hydrogens is 448 g/mol. The number of Topliss-reactive ketones (excluding diaryl/α,β-unsaturated/α-hetero) is 1. The molecule has 2 N–H and O–H groups in total. The van der Waals surface area contributed by atoms with Gasteiger partial charge in [-0.25, -0.2) is 4.79 Å². The Morgan fingerprint density at radius 3 is 2.50 bits per heavy atom. The minimum Gasteiger partial charge on any atom is -0.490 e. The maximum Gasteiger partial charge on any atom is 0.320 e. The van der Waals surface area contributed by atoms with Gasteiger partial charge in [-0.05, 0) is 66.9 Å². The molecule has 0 saturated carbocycles. The van der Waals surface area contributed by atoms with E-state index in [4.69, 9.17) is 9.47 Å². The van der Waals surface area contributed by atoms with Gasteiger partial charge in [0.25, 0.3) is 0 Å². The van der Waals surface area contributed by atoms with Crippen LogP contribution in [0.15, 0.2) is 52.5 Å². The molecule has 0 radical (unpaired) electrons. The lowest BCUT2D eigenvalue weighted by Gasteiger charge is -2.30. The number of rotatable bonds is 7. The van der Waals surface area contributed by atoms with Crippen LogP contribution < -0.4 is 20.1 Å². The lowest BCUT2D eigenvalue weighted by molar-refractivity contribution is -0.113. The van der Waals surface area contributed by atoms with Crippen LogP contribution in [-0.4, -0.2) is 24.5 Å². The second-order valence-corrected chi connectivity index (χ2v) is 8.03. The van der Waals surface area contributed by atoms with Crippen LogP contribution in [-0.2, 0) is 4.79 Å². The lowest BCUT2D eigenvalue weighted by atomic mass is 9.90. The number of nitrogens with one attached hydrogen (secondary N) is 2. The number of urea groups is 1. The fraction of sp³-hybridized carbons (Fsp3) is 0.304. The Kier molecular flexibility index (Phi) is 6.82. The number of amides is 2. The first-order chi connectivity index (χ1) is 14.3. The van der Waals surface area contributed by atoms with E-state index < -0.39 is 6.04 Å². The minimum atomic E-state index is -0.630. The number of carbonyl (C=O) groups excluding carboxylic acids is 2. The number of hydrogen-bond donors (Lipinski definition) is 2. The molecule has 30 heavy (non-hydrogen) atoms. The van der Waals surface area contributed by atoms with Crippen molar-refractivity contribution in [1.29, 1.82) is 0 Å². The van der Waals surface area contributed by atoms with Gasteiger partial charge in [-0.3, -0.25) is 4.79 Å². The van der Waals surface area contributed by atoms with Gasteiger partial charge < -0.3 is 20.1 Å². The molecule has 0 fully saturated rings. The topological polar surface area (TPSA) is 76.7 Å². The van der Waals surface area contributed by atoms with Crippen LogP contribution in [0.2, 0.25) is 0 Å². The van der Waals surface area contributed by atoms with E-state index in [1.807, 2.05) is 63.2 Å². The van der Waals surface area contributed by atoms with Crippen molar-refractivity contribution in [2.75, 3.05) is 6.61 Å². The second-order valence-electron chi connectivity index (χ2n) is 7.17. The summed E-state index contributed by atoms with van der Waals surface area (Å²) in [5.41, 5.74) is 2.47. The highest BCUT2D eigenvalue weighted by Gasteiger charge is 2.32. The van der Waals surface area contributed by atoms with Crippen LogP contribution >= 0.6 is 15.9 Å². The zero-order chi connectivity index (χ0) is 21.8. The molecular formula is C23H25BrN2O4. The van der Waals surface area contributed by atoms with Crippen LogP contribution in [0.4, 0.5) is 4.79 Å². The van der Waals surface area contributed by atoms with Crippen LogP contribution in [0, 0.1) is 0 Å². The van der Waals surface area contributed by atoms with Crippen LogP contribution in [0.3, 0.4) is 0 Å². The summed E-state index contributed by atoms with van der Waals surface area (Å²) < 4.78 is 12.4. The fourth-order valence-electron chi connectivity index (χ4n) is 3.39. The average Bonchev–Trinajstić information content (AvgIpc) is 2.70. The SMILES string of the molecule is CCOc1cc([C@H]2NC(=O)NC(c3ccccc3)=C2C(C)=O)cc(Br)c1OC(C)C. The summed E-state index contributed by atoms with van der Waals surface area (Å²) in [4.78, 5) is 25.1. The van der Waals surface area contributed by atoms with Gasteiger partial charge in [0, 0.05) is 5.57 Å². The maximum absolute atomic E-state index is 12.7.